The van der Waals surface area contributed by atoms with Crippen LogP contribution in [-0.4, -0.2) is 23.3 Å². The predicted octanol–water partition coefficient (Wildman–Crippen LogP) is 3.10. The molecule has 0 rings (SSSR count). The lowest BCUT2D eigenvalue weighted by Gasteiger charge is -2.16. The van der Waals surface area contributed by atoms with E-state index in [0.717, 1.165) is 5.57 Å². The standard InChI is InChI=1S/C15H26O3/c1-11(2)9-14(16)18-10-13(12(3)4)7-8-15(5,6)17/h7-8,11,13,17H,3,9-10H2,1-2,4-6H3/b8-7+. The van der Waals surface area contributed by atoms with Crippen molar-refractivity contribution < 1.29 is 14.6 Å². The minimum atomic E-state index is -0.865. The second kappa shape index (κ2) is 7.37. The topological polar surface area (TPSA) is 46.5 Å². The van der Waals surface area contributed by atoms with Gasteiger partial charge in [-0.1, -0.05) is 38.2 Å². The van der Waals surface area contributed by atoms with E-state index in [1.807, 2.05) is 26.8 Å². The summed E-state index contributed by atoms with van der Waals surface area (Å²) in [6.45, 7) is 13.4. The maximum absolute atomic E-state index is 11.5. The largest absolute Gasteiger partial charge is 0.465 e. The van der Waals surface area contributed by atoms with E-state index >= 15 is 0 Å². The van der Waals surface area contributed by atoms with Crippen molar-refractivity contribution in [2.45, 2.75) is 46.6 Å². The van der Waals surface area contributed by atoms with Gasteiger partial charge in [0, 0.05) is 12.3 Å². The van der Waals surface area contributed by atoms with Crippen molar-refractivity contribution >= 4 is 5.97 Å². The molecule has 0 heterocycles. The Kier molecular flexibility index (Phi) is 6.92. The lowest BCUT2D eigenvalue weighted by Crippen LogP contribution is -2.18. The van der Waals surface area contributed by atoms with Crippen molar-refractivity contribution in [1.29, 1.82) is 0 Å². The second-order valence-corrected chi connectivity index (χ2v) is 5.75. The van der Waals surface area contributed by atoms with Gasteiger partial charge >= 0.3 is 5.97 Å². The molecule has 0 aliphatic carbocycles. The second-order valence-electron chi connectivity index (χ2n) is 5.75. The van der Waals surface area contributed by atoms with E-state index < -0.39 is 5.60 Å². The van der Waals surface area contributed by atoms with Crippen molar-refractivity contribution in [2.75, 3.05) is 6.61 Å². The average Bonchev–Trinajstić information content (AvgIpc) is 2.13. The Bertz CT molecular complexity index is 308. The monoisotopic (exact) mass is 254 g/mol. The first-order valence-corrected chi connectivity index (χ1v) is 6.34. The lowest BCUT2D eigenvalue weighted by molar-refractivity contribution is -0.145. The molecule has 0 spiro atoms. The predicted molar refractivity (Wildman–Crippen MR) is 74.2 cm³/mol. The van der Waals surface area contributed by atoms with Crippen LogP contribution in [0.25, 0.3) is 0 Å². The Morgan fingerprint density at radius 3 is 2.39 bits per heavy atom. The molecule has 0 aromatic carbocycles. The summed E-state index contributed by atoms with van der Waals surface area (Å²) >= 11 is 0. The van der Waals surface area contributed by atoms with E-state index in [1.54, 1.807) is 19.9 Å². The highest BCUT2D eigenvalue weighted by Crippen LogP contribution is 2.14. The van der Waals surface area contributed by atoms with Crippen molar-refractivity contribution in [3.63, 3.8) is 0 Å². The Balaban J connectivity index is 4.35. The van der Waals surface area contributed by atoms with Crippen LogP contribution in [0, 0.1) is 11.8 Å². The number of esters is 1. The molecule has 104 valence electrons. The molecule has 3 heteroatoms. The number of rotatable bonds is 7. The summed E-state index contributed by atoms with van der Waals surface area (Å²) in [7, 11) is 0. The van der Waals surface area contributed by atoms with E-state index in [-0.39, 0.29) is 18.5 Å². The van der Waals surface area contributed by atoms with Crippen molar-refractivity contribution in [2.24, 2.45) is 11.8 Å². The van der Waals surface area contributed by atoms with Gasteiger partial charge in [0.2, 0.25) is 0 Å². The number of carbonyl (C=O) groups is 1. The van der Waals surface area contributed by atoms with Gasteiger partial charge in [-0.15, -0.1) is 0 Å². The fourth-order valence-corrected chi connectivity index (χ4v) is 1.29. The molecule has 18 heavy (non-hydrogen) atoms. The Hall–Kier alpha value is -1.09. The molecule has 0 aromatic heterocycles. The maximum atomic E-state index is 11.5. The van der Waals surface area contributed by atoms with Crippen LogP contribution in [0.5, 0.6) is 0 Å². The highest BCUT2D eigenvalue weighted by Gasteiger charge is 2.13. The third-order valence-corrected chi connectivity index (χ3v) is 2.37. The zero-order chi connectivity index (χ0) is 14.3. The van der Waals surface area contributed by atoms with Crippen LogP contribution in [0.15, 0.2) is 24.3 Å². The van der Waals surface area contributed by atoms with Gasteiger partial charge in [-0.3, -0.25) is 4.79 Å². The average molecular weight is 254 g/mol. The van der Waals surface area contributed by atoms with Crippen LogP contribution in [0.2, 0.25) is 0 Å². The number of ether oxygens (including phenoxy) is 1. The fraction of sp³-hybridized carbons (Fsp3) is 0.667. The van der Waals surface area contributed by atoms with Crippen LogP contribution in [0.3, 0.4) is 0 Å². The summed E-state index contributed by atoms with van der Waals surface area (Å²) in [5, 5.41) is 9.62. The zero-order valence-electron chi connectivity index (χ0n) is 12.2. The minimum absolute atomic E-state index is 0.0486. The number of hydrogen-bond acceptors (Lipinski definition) is 3. The molecule has 1 atom stereocenters. The zero-order valence-corrected chi connectivity index (χ0v) is 12.2. The van der Waals surface area contributed by atoms with Gasteiger partial charge in [0.25, 0.3) is 0 Å². The molecule has 1 unspecified atom stereocenters. The first-order valence-electron chi connectivity index (χ1n) is 6.34. The van der Waals surface area contributed by atoms with Gasteiger partial charge in [-0.05, 0) is 26.7 Å². The molecule has 0 aromatic rings. The van der Waals surface area contributed by atoms with Gasteiger partial charge in [0.1, 0.15) is 6.61 Å². The third-order valence-electron chi connectivity index (χ3n) is 2.37. The fourth-order valence-electron chi connectivity index (χ4n) is 1.29. The number of aliphatic hydroxyl groups is 1. The highest BCUT2D eigenvalue weighted by atomic mass is 16.5. The Labute approximate surface area is 111 Å². The smallest absolute Gasteiger partial charge is 0.306 e. The van der Waals surface area contributed by atoms with Crippen LogP contribution in [0.4, 0.5) is 0 Å². The Morgan fingerprint density at radius 2 is 2.00 bits per heavy atom. The summed E-state index contributed by atoms with van der Waals surface area (Å²) < 4.78 is 5.21. The summed E-state index contributed by atoms with van der Waals surface area (Å²) in [6.07, 6.45) is 3.96. The van der Waals surface area contributed by atoms with Crippen molar-refractivity contribution in [1.82, 2.24) is 0 Å². The molecule has 1 N–H and O–H groups in total. The van der Waals surface area contributed by atoms with Gasteiger partial charge in [0.05, 0.1) is 5.60 Å². The number of hydrogen-bond donors (Lipinski definition) is 1. The Morgan fingerprint density at radius 1 is 1.44 bits per heavy atom. The molecule has 0 amide bonds. The molecule has 0 saturated carbocycles. The lowest BCUT2D eigenvalue weighted by atomic mass is 9.99. The molecule has 0 aliphatic heterocycles. The first-order chi connectivity index (χ1) is 8.11. The molecular formula is C15H26O3. The minimum Gasteiger partial charge on any atom is -0.465 e. The van der Waals surface area contributed by atoms with Crippen molar-refractivity contribution in [3.05, 3.63) is 24.3 Å². The SMILES string of the molecule is C=C(C)C(/C=C/C(C)(C)O)COC(=O)CC(C)C. The van der Waals surface area contributed by atoms with Gasteiger partial charge in [0.15, 0.2) is 0 Å². The molecule has 3 nitrogen and oxygen atoms in total. The van der Waals surface area contributed by atoms with Crippen LogP contribution >= 0.6 is 0 Å². The van der Waals surface area contributed by atoms with E-state index in [0.29, 0.717) is 12.3 Å². The molecular weight excluding hydrogens is 228 g/mol. The first kappa shape index (κ1) is 16.9. The molecule has 0 aliphatic rings. The summed E-state index contributed by atoms with van der Waals surface area (Å²) in [5.74, 6) is 0.0631. The van der Waals surface area contributed by atoms with E-state index in [9.17, 15) is 9.90 Å². The highest BCUT2D eigenvalue weighted by molar-refractivity contribution is 5.69. The number of carbonyl (C=O) groups excluding carboxylic acids is 1. The summed E-state index contributed by atoms with van der Waals surface area (Å²) in [6, 6.07) is 0. The van der Waals surface area contributed by atoms with Crippen LogP contribution in [0.1, 0.15) is 41.0 Å². The maximum Gasteiger partial charge on any atom is 0.306 e. The normalized spacial score (nSPS) is 13.9. The molecule has 0 fully saturated rings. The molecule has 0 bridgehead atoms. The summed E-state index contributed by atoms with van der Waals surface area (Å²) in [4.78, 5) is 11.5. The molecule has 0 saturated heterocycles. The summed E-state index contributed by atoms with van der Waals surface area (Å²) in [5.41, 5.74) is 0.0446. The van der Waals surface area contributed by atoms with Crippen LogP contribution < -0.4 is 0 Å². The van der Waals surface area contributed by atoms with Crippen LogP contribution in [-0.2, 0) is 9.53 Å². The molecule has 0 radical (unpaired) electrons. The third kappa shape index (κ3) is 8.99. The van der Waals surface area contributed by atoms with Crippen molar-refractivity contribution in [3.8, 4) is 0 Å². The van der Waals surface area contributed by atoms with E-state index in [4.69, 9.17) is 4.74 Å². The van der Waals surface area contributed by atoms with E-state index in [2.05, 4.69) is 6.58 Å². The van der Waals surface area contributed by atoms with E-state index in [1.165, 1.54) is 0 Å². The van der Waals surface area contributed by atoms with Gasteiger partial charge in [-0.25, -0.2) is 0 Å². The van der Waals surface area contributed by atoms with Gasteiger partial charge in [-0.2, -0.15) is 0 Å². The van der Waals surface area contributed by atoms with Gasteiger partial charge < -0.3 is 9.84 Å². The quantitative estimate of drug-likeness (QED) is 0.561.